The number of rotatable bonds is 21. The molecule has 13 heteroatoms. The number of allylic oxidation sites excluding steroid dienone is 12. The van der Waals surface area contributed by atoms with Gasteiger partial charge in [-0.25, -0.2) is 0 Å². The zero-order valence-corrected chi connectivity index (χ0v) is 38.0. The largest absolute Gasteiger partial charge is 0.508 e. The van der Waals surface area contributed by atoms with Gasteiger partial charge in [-0.1, -0.05) is 97.2 Å². The molecule has 0 saturated carbocycles. The Morgan fingerprint density at radius 2 is 0.754 bits per heavy atom. The fraction of sp³-hybridized carbons (Fsp3) is 0.154. The van der Waals surface area contributed by atoms with Gasteiger partial charge in [0.2, 0.25) is 0 Å². The van der Waals surface area contributed by atoms with E-state index in [-0.39, 0.29) is 68.1 Å². The molecule has 0 atom stereocenters. The minimum atomic E-state index is -0.370. The van der Waals surface area contributed by atoms with Gasteiger partial charge < -0.3 is 49.6 Å². The number of methoxy groups -OCH3 is 4. The molecule has 6 N–H and O–H groups in total. The molecule has 0 heterocycles. The average molecular weight is 922 g/mol. The van der Waals surface area contributed by atoms with Crippen molar-refractivity contribution in [3.05, 3.63) is 202 Å². The maximum absolute atomic E-state index is 12.0. The minimum Gasteiger partial charge on any atom is -0.508 e. The molecule has 12 nitrogen and oxygen atoms in total. The van der Waals surface area contributed by atoms with Crippen molar-refractivity contribution in [1.82, 2.24) is 0 Å². The van der Waals surface area contributed by atoms with Crippen LogP contribution in [0.5, 0.6) is 23.0 Å². The monoisotopic (exact) mass is 921 g/mol. The summed E-state index contributed by atoms with van der Waals surface area (Å²) in [7, 11) is 6.23. The van der Waals surface area contributed by atoms with Crippen LogP contribution in [0.1, 0.15) is 44.5 Å². The molecular formula is C52H54O12V. The van der Waals surface area contributed by atoms with Gasteiger partial charge in [0.15, 0.2) is 34.6 Å². The molecule has 0 amide bonds. The zero-order valence-electron chi connectivity index (χ0n) is 36.6. The van der Waals surface area contributed by atoms with Crippen LogP contribution in [0, 0.1) is 0 Å². The van der Waals surface area contributed by atoms with Gasteiger partial charge in [-0.15, -0.1) is 0 Å². The van der Waals surface area contributed by atoms with Crippen molar-refractivity contribution in [3.8, 4) is 23.0 Å². The van der Waals surface area contributed by atoms with Crippen molar-refractivity contribution < 1.29 is 77.7 Å². The normalized spacial score (nSPS) is 12.1. The summed E-state index contributed by atoms with van der Waals surface area (Å²) in [6, 6.07) is 21.4. The van der Waals surface area contributed by atoms with E-state index < -0.39 is 0 Å². The molecule has 339 valence electrons. The second-order valence-electron chi connectivity index (χ2n) is 13.3. The first kappa shape index (κ1) is 54.2. The third-order valence-corrected chi connectivity index (χ3v) is 8.97. The number of ether oxygens (including phenoxy) is 4. The molecule has 0 aliphatic rings. The van der Waals surface area contributed by atoms with Crippen molar-refractivity contribution in [1.29, 1.82) is 0 Å². The van der Waals surface area contributed by atoms with E-state index in [0.717, 1.165) is 34.4 Å². The van der Waals surface area contributed by atoms with Gasteiger partial charge in [0, 0.05) is 30.7 Å². The summed E-state index contributed by atoms with van der Waals surface area (Å²) in [5.41, 5.74) is 5.98. The molecule has 0 spiro atoms. The van der Waals surface area contributed by atoms with E-state index in [0.29, 0.717) is 45.3 Å². The van der Waals surface area contributed by atoms with Crippen molar-refractivity contribution >= 4 is 35.9 Å². The van der Waals surface area contributed by atoms with Crippen LogP contribution in [-0.2, 0) is 54.6 Å². The Hall–Kier alpha value is -6.90. The van der Waals surface area contributed by atoms with Crippen LogP contribution in [0.4, 0.5) is 0 Å². The van der Waals surface area contributed by atoms with E-state index in [1.807, 2.05) is 30.3 Å². The Labute approximate surface area is 391 Å². The first-order valence-electron chi connectivity index (χ1n) is 19.7. The minimum absolute atomic E-state index is 0. The molecule has 4 aromatic carbocycles. The van der Waals surface area contributed by atoms with Gasteiger partial charge >= 0.3 is 0 Å². The Kier molecular flexibility index (Phi) is 25.2. The van der Waals surface area contributed by atoms with Crippen LogP contribution in [0.15, 0.2) is 157 Å². The summed E-state index contributed by atoms with van der Waals surface area (Å²) in [5, 5.41) is 56.9. The first-order valence-corrected chi connectivity index (χ1v) is 19.7. The second kappa shape index (κ2) is 30.2. The Bertz CT molecular complexity index is 2450. The molecule has 0 aromatic heterocycles. The molecule has 0 unspecified atom stereocenters. The van der Waals surface area contributed by atoms with Crippen LogP contribution in [-0.4, -0.2) is 70.6 Å². The van der Waals surface area contributed by atoms with Gasteiger partial charge in [0.05, 0.1) is 54.9 Å². The molecular weight excluding hydrogens is 868 g/mol. The Morgan fingerprint density at radius 1 is 0.415 bits per heavy atom. The van der Waals surface area contributed by atoms with Crippen molar-refractivity contribution in [2.24, 2.45) is 0 Å². The summed E-state index contributed by atoms with van der Waals surface area (Å²) in [5.74, 6) is 1.34. The topological polar surface area (TPSA) is 192 Å². The molecule has 0 fully saturated rings. The van der Waals surface area contributed by atoms with E-state index in [1.165, 1.54) is 31.4 Å². The molecule has 0 aliphatic carbocycles. The van der Waals surface area contributed by atoms with Crippen molar-refractivity contribution in [2.75, 3.05) is 28.4 Å². The summed E-state index contributed by atoms with van der Waals surface area (Å²) >= 11 is 0. The summed E-state index contributed by atoms with van der Waals surface area (Å²) < 4.78 is 20.9. The number of aliphatic hydroxyl groups excluding tert-OH is 6. The summed E-state index contributed by atoms with van der Waals surface area (Å²) in [6.07, 6.45) is 24.6. The quantitative estimate of drug-likeness (QED) is 0.0266. The van der Waals surface area contributed by atoms with Crippen LogP contribution in [0.2, 0.25) is 0 Å². The second-order valence-corrected chi connectivity index (χ2v) is 13.3. The summed E-state index contributed by atoms with van der Waals surface area (Å²) in [6.45, 7) is -0.583. The number of carbonyl (C=O) groups excluding carboxylic acids is 2. The van der Waals surface area contributed by atoms with Gasteiger partial charge in [-0.3, -0.25) is 9.59 Å². The standard InChI is InChI=1S/C27H28O6.C25H26O6.V/c1-32-26-14-12-21(16-27(26)33-2)8-4-6-10-25(31)17-24(30)9-5-3-7-20-11-13-22(18-28)23(15-20)19-29;1-30-24-12-9-19(14-25(24)31-2)8-11-23(29)15-22(28)6-4-3-5-18-7-10-20(16-26)21(13-18)17-27;/h3-17,28-30H,18-19H2,1-2H3;3-15,26-27,29H,16-17H2,1-2H3;/b7-3+,8-4+,9-5+,10-6+,24-17-;5-3+,6-4+,11-8+,23-15?;. The maximum atomic E-state index is 12.0. The van der Waals surface area contributed by atoms with Crippen LogP contribution in [0.25, 0.3) is 24.3 Å². The van der Waals surface area contributed by atoms with Crippen molar-refractivity contribution in [2.45, 2.75) is 26.4 Å². The number of hydrogen-bond donors (Lipinski definition) is 6. The van der Waals surface area contributed by atoms with Gasteiger partial charge in [0.25, 0.3) is 0 Å². The van der Waals surface area contributed by atoms with Gasteiger partial charge in [-0.2, -0.15) is 0 Å². The van der Waals surface area contributed by atoms with Crippen LogP contribution < -0.4 is 18.9 Å². The van der Waals surface area contributed by atoms with E-state index in [1.54, 1.807) is 125 Å². The molecule has 0 aliphatic heterocycles. The number of ketones is 2. The predicted octanol–water partition coefficient (Wildman–Crippen LogP) is 8.52. The average Bonchev–Trinajstić information content (AvgIpc) is 3.32. The van der Waals surface area contributed by atoms with Gasteiger partial charge in [0.1, 0.15) is 11.5 Å². The number of aliphatic hydroxyl groups is 6. The number of benzene rings is 4. The summed E-state index contributed by atoms with van der Waals surface area (Å²) in [4.78, 5) is 23.9. The molecule has 0 bridgehead atoms. The molecule has 65 heavy (non-hydrogen) atoms. The smallest absolute Gasteiger partial charge is 0.182 e. The molecule has 1 radical (unpaired) electrons. The zero-order chi connectivity index (χ0) is 46.7. The maximum Gasteiger partial charge on any atom is 0.182 e. The Balaban J connectivity index is 0.000000441. The fourth-order valence-corrected chi connectivity index (χ4v) is 5.64. The van der Waals surface area contributed by atoms with E-state index in [4.69, 9.17) is 18.9 Å². The van der Waals surface area contributed by atoms with Gasteiger partial charge in [-0.05, 0) is 105 Å². The number of carbonyl (C=O) groups is 2. The fourth-order valence-electron chi connectivity index (χ4n) is 5.64. The van der Waals surface area contributed by atoms with E-state index in [2.05, 4.69) is 0 Å². The first-order chi connectivity index (χ1) is 31.0. The molecule has 4 aromatic rings. The number of hydrogen-bond acceptors (Lipinski definition) is 12. The van der Waals surface area contributed by atoms with E-state index in [9.17, 15) is 40.2 Å². The van der Waals surface area contributed by atoms with Crippen molar-refractivity contribution in [3.63, 3.8) is 0 Å². The molecule has 4 rings (SSSR count). The Morgan fingerprint density at radius 3 is 1.14 bits per heavy atom. The van der Waals surface area contributed by atoms with Crippen LogP contribution >= 0.6 is 0 Å². The third kappa shape index (κ3) is 19.2. The SMILES string of the molecule is COc1ccc(/C=C/C(O)=CC(=O)/C=C/C=C/c2ccc(CO)c(CO)c2)cc1OC.COc1ccc(/C=C/C=C/C(=O)/C=C(O)/C=C/C=C/c2ccc(CO)c(CO)c2)cc1OC.[V]. The third-order valence-electron chi connectivity index (χ3n) is 8.97. The van der Waals surface area contributed by atoms with Crippen LogP contribution in [0.3, 0.4) is 0 Å². The predicted molar refractivity (Wildman–Crippen MR) is 251 cm³/mol. The molecule has 0 saturated heterocycles. The van der Waals surface area contributed by atoms with E-state index >= 15 is 0 Å².